The number of thiazole rings is 1. The van der Waals surface area contributed by atoms with E-state index in [0.717, 1.165) is 26.8 Å². The molecule has 0 radical (unpaired) electrons. The summed E-state index contributed by atoms with van der Waals surface area (Å²) in [6.07, 6.45) is 0.139. The van der Waals surface area contributed by atoms with Gasteiger partial charge in [-0.05, 0) is 56.7 Å². The number of aromatic nitrogens is 1. The average molecular weight is 562 g/mol. The molecule has 3 fully saturated rings. The van der Waals surface area contributed by atoms with Crippen molar-refractivity contribution in [3.63, 3.8) is 0 Å². The number of rotatable bonds is 7. The Labute approximate surface area is 227 Å². The Morgan fingerprint density at radius 2 is 1.82 bits per heavy atom. The van der Waals surface area contributed by atoms with E-state index >= 15 is 0 Å². The number of nitriles is 1. The minimum atomic E-state index is -2.97. The van der Waals surface area contributed by atoms with E-state index in [1.807, 2.05) is 24.3 Å². The van der Waals surface area contributed by atoms with Crippen molar-refractivity contribution < 1.29 is 22.0 Å². The van der Waals surface area contributed by atoms with E-state index < -0.39 is 34.0 Å². The zero-order valence-electron chi connectivity index (χ0n) is 21.5. The van der Waals surface area contributed by atoms with Crippen LogP contribution in [0, 0.1) is 23.2 Å². The number of Topliss-reactive ketones (excluding diaryl/α,β-unsaturated/α-hetero) is 1. The van der Waals surface area contributed by atoms with E-state index in [2.05, 4.69) is 11.0 Å². The van der Waals surface area contributed by atoms with Gasteiger partial charge >= 0.3 is 0 Å². The minimum Gasteiger partial charge on any atom is -0.369 e. The monoisotopic (exact) mass is 561 g/mol. The zero-order valence-corrected chi connectivity index (χ0v) is 23.1. The first kappa shape index (κ1) is 27.2. The van der Waals surface area contributed by atoms with Crippen LogP contribution in [0.3, 0.4) is 0 Å². The van der Waals surface area contributed by atoms with Crippen molar-refractivity contribution in [2.45, 2.75) is 69.6 Å². The molecule has 5 rings (SSSR count). The van der Waals surface area contributed by atoms with Gasteiger partial charge in [-0.25, -0.2) is 22.2 Å². The van der Waals surface area contributed by atoms with Gasteiger partial charge < -0.3 is 4.90 Å². The highest BCUT2D eigenvalue weighted by Crippen LogP contribution is 2.49. The summed E-state index contributed by atoms with van der Waals surface area (Å²) in [5.41, 5.74) is 2.68. The van der Waals surface area contributed by atoms with Crippen LogP contribution in [0.4, 0.5) is 14.5 Å². The lowest BCUT2D eigenvalue weighted by atomic mass is 9.72. The van der Waals surface area contributed by atoms with Crippen molar-refractivity contribution in [2.24, 2.45) is 11.8 Å². The molecule has 0 unspecified atom stereocenters. The number of hydrogen-bond acceptors (Lipinski definition) is 7. The van der Waals surface area contributed by atoms with Crippen molar-refractivity contribution in [3.8, 4) is 16.5 Å². The number of carbonyl (C=O) groups is 1. The lowest BCUT2D eigenvalue weighted by Crippen LogP contribution is -2.40. The molecule has 0 bridgehead atoms. The standard InChI is InChI=1S/C28H33F2N3O3S2/c1-17(16-31)12-25(34)24-15-20(29)4-7-23(24)26-27(37-28(32-26)19-13-21(30)14-19)18-2-5-22(6-3-18)33-8-10-38(35,36)11-9-33/h2-3,5-6,17,19-21,23-24H,4,7-15H2,1H3/t17-,19?,20+,21?,23-,24-/m1/s1. The number of carbonyl (C=O) groups excluding carboxylic acids is 1. The molecule has 1 aromatic carbocycles. The Kier molecular flexibility index (Phi) is 7.88. The van der Waals surface area contributed by atoms with Crippen LogP contribution in [0.5, 0.6) is 0 Å². The number of halogens is 2. The summed E-state index contributed by atoms with van der Waals surface area (Å²) < 4.78 is 51.8. The summed E-state index contributed by atoms with van der Waals surface area (Å²) in [5, 5.41) is 10.1. The summed E-state index contributed by atoms with van der Waals surface area (Å²) in [4.78, 5) is 21.2. The van der Waals surface area contributed by atoms with Gasteiger partial charge in [-0.2, -0.15) is 5.26 Å². The number of anilines is 1. The molecule has 2 saturated carbocycles. The number of ketones is 1. The van der Waals surface area contributed by atoms with Gasteiger partial charge in [0.25, 0.3) is 0 Å². The number of hydrogen-bond donors (Lipinski definition) is 0. The Hall–Kier alpha value is -2.38. The second-order valence-corrected chi connectivity index (χ2v) is 14.4. The highest BCUT2D eigenvalue weighted by Gasteiger charge is 2.40. The summed E-state index contributed by atoms with van der Waals surface area (Å²) in [6.45, 7) is 2.63. The molecular formula is C28H33F2N3O3S2. The molecule has 6 nitrogen and oxygen atoms in total. The third-order valence-electron chi connectivity index (χ3n) is 8.22. The van der Waals surface area contributed by atoms with E-state index in [1.54, 1.807) is 6.92 Å². The van der Waals surface area contributed by atoms with Crippen molar-refractivity contribution >= 4 is 32.6 Å². The first-order chi connectivity index (χ1) is 18.1. The Morgan fingerprint density at radius 3 is 2.45 bits per heavy atom. The highest BCUT2D eigenvalue weighted by molar-refractivity contribution is 7.91. The Balaban J connectivity index is 1.46. The second kappa shape index (κ2) is 11.0. The summed E-state index contributed by atoms with van der Waals surface area (Å²) >= 11 is 1.54. The summed E-state index contributed by atoms with van der Waals surface area (Å²) in [5.74, 6) is -0.947. The van der Waals surface area contributed by atoms with E-state index in [9.17, 15) is 27.3 Å². The molecule has 4 atom stereocenters. The molecule has 3 aliphatic rings. The quantitative estimate of drug-likeness (QED) is 0.437. The molecule has 1 aromatic heterocycles. The van der Waals surface area contributed by atoms with Crippen LogP contribution in [-0.4, -0.2) is 56.1 Å². The van der Waals surface area contributed by atoms with E-state index in [4.69, 9.17) is 4.98 Å². The van der Waals surface area contributed by atoms with Gasteiger partial charge in [0.15, 0.2) is 9.84 Å². The molecule has 1 aliphatic heterocycles. The van der Waals surface area contributed by atoms with Crippen LogP contribution in [0.15, 0.2) is 24.3 Å². The highest BCUT2D eigenvalue weighted by atomic mass is 32.2. The van der Waals surface area contributed by atoms with Gasteiger partial charge in [0.05, 0.1) is 39.1 Å². The predicted octanol–water partition coefficient (Wildman–Crippen LogP) is 5.60. The van der Waals surface area contributed by atoms with Gasteiger partial charge in [0.1, 0.15) is 18.1 Å². The molecule has 2 heterocycles. The molecule has 1 saturated heterocycles. The lowest BCUT2D eigenvalue weighted by Gasteiger charge is -2.32. The number of sulfone groups is 1. The third-order valence-corrected chi connectivity index (χ3v) is 11.1. The molecule has 0 spiro atoms. The molecule has 0 amide bonds. The Morgan fingerprint density at radius 1 is 1.13 bits per heavy atom. The van der Waals surface area contributed by atoms with Gasteiger partial charge in [0.2, 0.25) is 0 Å². The van der Waals surface area contributed by atoms with Crippen molar-refractivity contribution in [3.05, 3.63) is 35.0 Å². The fraction of sp³-hybridized carbons (Fsp3) is 0.607. The van der Waals surface area contributed by atoms with Crippen LogP contribution in [0.25, 0.3) is 10.4 Å². The number of benzene rings is 1. The van der Waals surface area contributed by atoms with Crippen LogP contribution in [0.2, 0.25) is 0 Å². The fourth-order valence-corrected chi connectivity index (χ4v) is 8.30. The lowest BCUT2D eigenvalue weighted by molar-refractivity contribution is -0.125. The molecule has 38 heavy (non-hydrogen) atoms. The number of alkyl halides is 2. The zero-order chi connectivity index (χ0) is 27.0. The average Bonchev–Trinajstić information content (AvgIpc) is 3.31. The first-order valence-electron chi connectivity index (χ1n) is 13.4. The number of nitrogens with zero attached hydrogens (tertiary/aromatic N) is 3. The molecule has 2 aromatic rings. The largest absolute Gasteiger partial charge is 0.369 e. The molecule has 10 heteroatoms. The SMILES string of the molecule is C[C@@H](C#N)CC(=O)[C@@H]1C[C@@H](F)CC[C@H]1c1nc(C2CC(F)C2)sc1-c1ccc(N2CCS(=O)(=O)CC2)cc1. The smallest absolute Gasteiger partial charge is 0.153 e. The topological polar surface area (TPSA) is 91.1 Å². The summed E-state index contributed by atoms with van der Waals surface area (Å²) in [6, 6.07) is 10.1. The fourth-order valence-electron chi connectivity index (χ4n) is 5.83. The minimum absolute atomic E-state index is 0.0577. The molecule has 204 valence electrons. The van der Waals surface area contributed by atoms with Crippen LogP contribution < -0.4 is 4.90 Å². The van der Waals surface area contributed by atoms with Crippen molar-refractivity contribution in [2.75, 3.05) is 29.5 Å². The van der Waals surface area contributed by atoms with Gasteiger partial charge in [-0.3, -0.25) is 4.79 Å². The first-order valence-corrected chi connectivity index (χ1v) is 16.0. The van der Waals surface area contributed by atoms with Crippen LogP contribution >= 0.6 is 11.3 Å². The van der Waals surface area contributed by atoms with Gasteiger partial charge in [-0.1, -0.05) is 12.1 Å². The van der Waals surface area contributed by atoms with Crippen molar-refractivity contribution in [1.29, 1.82) is 5.26 Å². The van der Waals surface area contributed by atoms with Gasteiger partial charge in [-0.15, -0.1) is 11.3 Å². The van der Waals surface area contributed by atoms with Crippen molar-refractivity contribution in [1.82, 2.24) is 4.98 Å². The molecule has 0 N–H and O–H groups in total. The maximum atomic E-state index is 14.5. The Bertz CT molecular complexity index is 1300. The third kappa shape index (κ3) is 5.79. The molecule has 2 aliphatic carbocycles. The van der Waals surface area contributed by atoms with E-state index in [0.29, 0.717) is 38.8 Å². The van der Waals surface area contributed by atoms with Crippen LogP contribution in [0.1, 0.15) is 68.0 Å². The van der Waals surface area contributed by atoms with E-state index in [-0.39, 0.29) is 42.0 Å². The predicted molar refractivity (Wildman–Crippen MR) is 145 cm³/mol. The maximum absolute atomic E-state index is 14.5. The van der Waals surface area contributed by atoms with Crippen LogP contribution in [-0.2, 0) is 14.6 Å². The second-order valence-electron chi connectivity index (χ2n) is 11.0. The summed E-state index contributed by atoms with van der Waals surface area (Å²) in [7, 11) is -2.97. The maximum Gasteiger partial charge on any atom is 0.153 e. The van der Waals surface area contributed by atoms with E-state index in [1.165, 1.54) is 11.3 Å². The van der Waals surface area contributed by atoms with Gasteiger partial charge in [0, 0.05) is 43.0 Å². The normalized spacial score (nSPS) is 29.7. The molecular weight excluding hydrogens is 528 g/mol.